The van der Waals surface area contributed by atoms with E-state index in [1.807, 2.05) is 78.9 Å². The Morgan fingerprint density at radius 3 is 1.39 bits per heavy atom. The van der Waals surface area contributed by atoms with Crippen LogP contribution in [0.5, 0.6) is 0 Å². The lowest BCUT2D eigenvalue weighted by molar-refractivity contribution is 1.07. The van der Waals surface area contributed by atoms with E-state index in [1.54, 1.807) is 0 Å². The minimum absolute atomic E-state index is 0.635. The molecule has 0 amide bonds. The molecule has 8 aromatic rings. The standard InChI is InChI=1S/C42H26N4/c43-27-28-15-16-29-17-22-34(26-35(29)25-28)37-24-23-36(38-13-7-8-14-39(37)38)30-18-20-33(21-19-30)42-45-40(31-9-3-1-4-10-31)44-41(46-42)32-11-5-2-6-12-32/h1-26H. The van der Waals surface area contributed by atoms with Gasteiger partial charge in [-0.25, -0.2) is 15.0 Å². The molecule has 4 heteroatoms. The maximum Gasteiger partial charge on any atom is 0.164 e. The molecule has 0 aliphatic carbocycles. The Kier molecular flexibility index (Phi) is 6.83. The zero-order valence-corrected chi connectivity index (χ0v) is 24.8. The fourth-order valence-corrected chi connectivity index (χ4v) is 6.02. The second kappa shape index (κ2) is 11.6. The van der Waals surface area contributed by atoms with Gasteiger partial charge in [0.1, 0.15) is 0 Å². The lowest BCUT2D eigenvalue weighted by Gasteiger charge is -2.13. The highest BCUT2D eigenvalue weighted by Gasteiger charge is 2.14. The lowest BCUT2D eigenvalue weighted by Crippen LogP contribution is -2.00. The third-order valence-corrected chi connectivity index (χ3v) is 8.36. The van der Waals surface area contributed by atoms with Crippen LogP contribution in [0, 0.1) is 11.3 Å². The number of hydrogen-bond acceptors (Lipinski definition) is 4. The molecule has 214 valence electrons. The minimum atomic E-state index is 0.635. The van der Waals surface area contributed by atoms with E-state index in [1.165, 1.54) is 10.8 Å². The third-order valence-electron chi connectivity index (χ3n) is 8.36. The van der Waals surface area contributed by atoms with E-state index < -0.39 is 0 Å². The van der Waals surface area contributed by atoms with Crippen LogP contribution >= 0.6 is 0 Å². The number of nitrogens with zero attached hydrogens (tertiary/aromatic N) is 4. The molecule has 0 atom stereocenters. The molecule has 1 heterocycles. The van der Waals surface area contributed by atoms with Crippen molar-refractivity contribution in [3.63, 3.8) is 0 Å². The smallest absolute Gasteiger partial charge is 0.164 e. The van der Waals surface area contributed by atoms with E-state index in [-0.39, 0.29) is 0 Å². The van der Waals surface area contributed by atoms with Gasteiger partial charge in [-0.1, -0.05) is 140 Å². The molecule has 7 aromatic carbocycles. The van der Waals surface area contributed by atoms with Crippen LogP contribution in [0.1, 0.15) is 5.56 Å². The second-order valence-corrected chi connectivity index (χ2v) is 11.2. The Balaban J connectivity index is 1.19. The van der Waals surface area contributed by atoms with E-state index in [0.717, 1.165) is 49.7 Å². The lowest BCUT2D eigenvalue weighted by atomic mass is 9.91. The first-order chi connectivity index (χ1) is 22.7. The first-order valence-corrected chi connectivity index (χ1v) is 15.2. The summed E-state index contributed by atoms with van der Waals surface area (Å²) < 4.78 is 0. The molecular weight excluding hydrogens is 560 g/mol. The maximum absolute atomic E-state index is 9.40. The number of fused-ring (bicyclic) bond motifs is 2. The molecule has 0 aliphatic rings. The van der Waals surface area contributed by atoms with Gasteiger partial charge in [-0.3, -0.25) is 0 Å². The maximum atomic E-state index is 9.40. The van der Waals surface area contributed by atoms with Crippen molar-refractivity contribution in [3.8, 4) is 62.5 Å². The molecule has 0 aliphatic heterocycles. The van der Waals surface area contributed by atoms with Crippen LogP contribution in [0.15, 0.2) is 158 Å². The van der Waals surface area contributed by atoms with E-state index in [2.05, 4.69) is 84.9 Å². The molecule has 0 bridgehead atoms. The average molecular weight is 587 g/mol. The quantitative estimate of drug-likeness (QED) is 0.201. The van der Waals surface area contributed by atoms with Gasteiger partial charge in [0.05, 0.1) is 11.6 Å². The predicted molar refractivity (Wildman–Crippen MR) is 187 cm³/mol. The summed E-state index contributed by atoms with van der Waals surface area (Å²) in [5.74, 6) is 1.93. The van der Waals surface area contributed by atoms with E-state index >= 15 is 0 Å². The van der Waals surface area contributed by atoms with Crippen molar-refractivity contribution in [2.45, 2.75) is 0 Å². The summed E-state index contributed by atoms with van der Waals surface area (Å²) in [7, 11) is 0. The zero-order valence-electron chi connectivity index (χ0n) is 24.8. The molecular formula is C42H26N4. The summed E-state index contributed by atoms with van der Waals surface area (Å²) in [6.45, 7) is 0. The molecule has 1 aromatic heterocycles. The fraction of sp³-hybridized carbons (Fsp3) is 0. The monoisotopic (exact) mass is 586 g/mol. The van der Waals surface area contributed by atoms with Crippen molar-refractivity contribution in [3.05, 3.63) is 163 Å². The van der Waals surface area contributed by atoms with Crippen molar-refractivity contribution in [2.24, 2.45) is 0 Å². The molecule has 0 spiro atoms. The zero-order chi connectivity index (χ0) is 30.9. The Hall–Kier alpha value is -6.44. The largest absolute Gasteiger partial charge is 0.208 e. The van der Waals surface area contributed by atoms with Crippen LogP contribution in [-0.2, 0) is 0 Å². The molecule has 0 fully saturated rings. The predicted octanol–water partition coefficient (Wildman–Crippen LogP) is 10.4. The first-order valence-electron chi connectivity index (χ1n) is 15.2. The molecule has 0 N–H and O–H groups in total. The number of nitriles is 1. The molecule has 0 saturated heterocycles. The van der Waals surface area contributed by atoms with Gasteiger partial charge >= 0.3 is 0 Å². The van der Waals surface area contributed by atoms with Crippen LogP contribution in [0.25, 0.3) is 78.0 Å². The topological polar surface area (TPSA) is 62.5 Å². The van der Waals surface area contributed by atoms with Crippen LogP contribution in [0.4, 0.5) is 0 Å². The second-order valence-electron chi connectivity index (χ2n) is 11.2. The van der Waals surface area contributed by atoms with Crippen molar-refractivity contribution in [1.29, 1.82) is 5.26 Å². The number of aromatic nitrogens is 3. The summed E-state index contributed by atoms with van der Waals surface area (Å²) in [6, 6.07) is 56.0. The SMILES string of the molecule is N#Cc1ccc2ccc(-c3ccc(-c4ccc(-c5nc(-c6ccccc6)nc(-c6ccccc6)n5)cc4)c4ccccc34)cc2c1. The van der Waals surface area contributed by atoms with Crippen LogP contribution in [-0.4, -0.2) is 15.0 Å². The normalized spacial score (nSPS) is 11.0. The van der Waals surface area contributed by atoms with E-state index in [4.69, 9.17) is 15.0 Å². The summed E-state index contributed by atoms with van der Waals surface area (Å²) in [5, 5.41) is 13.9. The van der Waals surface area contributed by atoms with Gasteiger partial charge in [-0.15, -0.1) is 0 Å². The Bertz CT molecular complexity index is 2350. The fourth-order valence-electron chi connectivity index (χ4n) is 6.02. The van der Waals surface area contributed by atoms with Crippen LogP contribution in [0.3, 0.4) is 0 Å². The van der Waals surface area contributed by atoms with Crippen molar-refractivity contribution < 1.29 is 0 Å². The third kappa shape index (κ3) is 5.06. The van der Waals surface area contributed by atoms with Gasteiger partial charge in [0.25, 0.3) is 0 Å². The Morgan fingerprint density at radius 1 is 0.370 bits per heavy atom. The Morgan fingerprint density at radius 2 is 0.826 bits per heavy atom. The average Bonchev–Trinajstić information content (AvgIpc) is 3.14. The van der Waals surface area contributed by atoms with Gasteiger partial charge in [-0.05, 0) is 62.0 Å². The van der Waals surface area contributed by atoms with Crippen LogP contribution < -0.4 is 0 Å². The van der Waals surface area contributed by atoms with E-state index in [9.17, 15) is 5.26 Å². The van der Waals surface area contributed by atoms with Crippen molar-refractivity contribution >= 4 is 21.5 Å². The summed E-state index contributed by atoms with van der Waals surface area (Å²) >= 11 is 0. The number of rotatable bonds is 5. The van der Waals surface area contributed by atoms with Crippen molar-refractivity contribution in [1.82, 2.24) is 15.0 Å². The van der Waals surface area contributed by atoms with Gasteiger partial charge in [-0.2, -0.15) is 5.26 Å². The number of benzene rings is 7. The highest BCUT2D eigenvalue weighted by molar-refractivity contribution is 6.06. The molecule has 46 heavy (non-hydrogen) atoms. The molecule has 0 saturated carbocycles. The minimum Gasteiger partial charge on any atom is -0.208 e. The highest BCUT2D eigenvalue weighted by Crippen LogP contribution is 2.37. The van der Waals surface area contributed by atoms with Crippen LogP contribution in [0.2, 0.25) is 0 Å². The van der Waals surface area contributed by atoms with Gasteiger partial charge in [0, 0.05) is 16.7 Å². The first kappa shape index (κ1) is 27.1. The van der Waals surface area contributed by atoms with Crippen molar-refractivity contribution in [2.75, 3.05) is 0 Å². The molecule has 0 unspecified atom stereocenters. The van der Waals surface area contributed by atoms with Gasteiger partial charge in [0.15, 0.2) is 17.5 Å². The van der Waals surface area contributed by atoms with Gasteiger partial charge in [0.2, 0.25) is 0 Å². The molecule has 8 rings (SSSR count). The van der Waals surface area contributed by atoms with Gasteiger partial charge < -0.3 is 0 Å². The summed E-state index contributed by atoms with van der Waals surface area (Å²) in [6.07, 6.45) is 0. The number of hydrogen-bond donors (Lipinski definition) is 0. The Labute approximate surface area is 266 Å². The molecule has 4 nitrogen and oxygen atoms in total. The summed E-state index contributed by atoms with van der Waals surface area (Å²) in [5.41, 5.74) is 8.04. The highest BCUT2D eigenvalue weighted by atomic mass is 15.0. The summed E-state index contributed by atoms with van der Waals surface area (Å²) in [4.78, 5) is 14.6. The van der Waals surface area contributed by atoms with E-state index in [0.29, 0.717) is 23.0 Å². The molecule has 0 radical (unpaired) electrons.